The van der Waals surface area contributed by atoms with Crippen molar-refractivity contribution < 1.29 is 9.53 Å². The highest BCUT2D eigenvalue weighted by Crippen LogP contribution is 2.50. The molecule has 1 aliphatic carbocycles. The van der Waals surface area contributed by atoms with Gasteiger partial charge in [-0.15, -0.1) is 0 Å². The summed E-state index contributed by atoms with van der Waals surface area (Å²) < 4.78 is 8.56. The Morgan fingerprint density at radius 1 is 1.17 bits per heavy atom. The first kappa shape index (κ1) is 22.3. The Balaban J connectivity index is 1.30. The predicted octanol–water partition coefficient (Wildman–Crippen LogP) is 3.69. The number of carbonyl (C=O) groups excluding carboxylic acids is 1. The minimum Gasteiger partial charge on any atom is -0.469 e. The van der Waals surface area contributed by atoms with E-state index in [-0.39, 0.29) is 11.4 Å². The number of anilines is 1. The molecule has 0 aromatic carbocycles. The largest absolute Gasteiger partial charge is 0.469 e. The van der Waals surface area contributed by atoms with Crippen LogP contribution in [0, 0.1) is 28.6 Å². The van der Waals surface area contributed by atoms with Gasteiger partial charge in [0.2, 0.25) is 0 Å². The Bertz CT molecular complexity index is 1500. The first-order chi connectivity index (χ1) is 17.4. The Kier molecular flexibility index (Phi) is 5.07. The Labute approximate surface area is 208 Å². The van der Waals surface area contributed by atoms with Gasteiger partial charge in [-0.05, 0) is 55.9 Å². The van der Waals surface area contributed by atoms with Crippen LogP contribution in [-0.4, -0.2) is 50.5 Å². The zero-order chi connectivity index (χ0) is 25.0. The molecule has 6 rings (SSSR count). The van der Waals surface area contributed by atoms with Gasteiger partial charge in [-0.25, -0.2) is 9.50 Å². The summed E-state index contributed by atoms with van der Waals surface area (Å²) in [5.74, 6) is 1.77. The maximum Gasteiger partial charge on any atom is 0.311 e. The SMILES string of the molecule is COC(=O)C1(C)C[C@H]2CN(c3ccc(-c4cc(-c5ccn(C)n5)cn5ncc(C#N)c45)cn3)C[C@H]2C1. The summed E-state index contributed by atoms with van der Waals surface area (Å²) in [4.78, 5) is 19.4. The third-order valence-corrected chi connectivity index (χ3v) is 7.80. The van der Waals surface area contributed by atoms with Crippen LogP contribution in [0.1, 0.15) is 25.3 Å². The highest BCUT2D eigenvalue weighted by molar-refractivity contribution is 5.87. The van der Waals surface area contributed by atoms with E-state index in [4.69, 9.17) is 9.72 Å². The van der Waals surface area contributed by atoms with Gasteiger partial charge in [-0.2, -0.15) is 15.5 Å². The number of hydrogen-bond acceptors (Lipinski definition) is 7. The molecule has 0 spiro atoms. The van der Waals surface area contributed by atoms with Gasteiger partial charge in [0.25, 0.3) is 0 Å². The topological polar surface area (TPSA) is 101 Å². The molecular formula is C27H27N7O2. The molecule has 0 N–H and O–H groups in total. The normalized spacial score (nSPS) is 23.1. The quantitative estimate of drug-likeness (QED) is 0.410. The number of methoxy groups -OCH3 is 1. The van der Waals surface area contributed by atoms with Crippen LogP contribution in [-0.2, 0) is 16.6 Å². The van der Waals surface area contributed by atoms with Crippen molar-refractivity contribution >= 4 is 17.3 Å². The van der Waals surface area contributed by atoms with Gasteiger partial charge < -0.3 is 9.64 Å². The second-order valence-corrected chi connectivity index (χ2v) is 10.3. The van der Waals surface area contributed by atoms with E-state index in [2.05, 4.69) is 27.2 Å². The number of aryl methyl sites for hydroxylation is 1. The molecule has 9 nitrogen and oxygen atoms in total. The number of hydrogen-bond donors (Lipinski definition) is 0. The van der Waals surface area contributed by atoms with E-state index in [0.29, 0.717) is 17.4 Å². The molecule has 0 bridgehead atoms. The van der Waals surface area contributed by atoms with E-state index in [1.165, 1.54) is 7.11 Å². The summed E-state index contributed by atoms with van der Waals surface area (Å²) in [5.41, 5.74) is 4.45. The van der Waals surface area contributed by atoms with Gasteiger partial charge in [-0.1, -0.05) is 0 Å². The van der Waals surface area contributed by atoms with Crippen LogP contribution in [0.5, 0.6) is 0 Å². The van der Waals surface area contributed by atoms with Crippen molar-refractivity contribution in [1.82, 2.24) is 24.4 Å². The average Bonchev–Trinajstić information content (AvgIpc) is 3.65. The second kappa shape index (κ2) is 8.19. The molecule has 1 unspecified atom stereocenters. The summed E-state index contributed by atoms with van der Waals surface area (Å²) >= 11 is 0. The number of nitrogens with zero attached hydrogens (tertiary/aromatic N) is 7. The fourth-order valence-corrected chi connectivity index (χ4v) is 6.11. The molecule has 36 heavy (non-hydrogen) atoms. The highest BCUT2D eigenvalue weighted by Gasteiger charge is 2.51. The molecule has 5 heterocycles. The Hall–Kier alpha value is -4.19. The molecule has 1 saturated heterocycles. The predicted molar refractivity (Wildman–Crippen MR) is 134 cm³/mol. The molecule has 0 amide bonds. The van der Waals surface area contributed by atoms with E-state index in [1.54, 1.807) is 15.4 Å². The maximum absolute atomic E-state index is 12.2. The Morgan fingerprint density at radius 3 is 2.56 bits per heavy atom. The number of esters is 1. The standard InChI is InChI=1S/C27H27N7O2/c1-27(26(35)36-3)9-19-14-33(15-20(19)10-27)24-5-4-17(12-29-24)22-8-18(23-6-7-32(2)31-23)16-34-25(22)21(11-28)13-30-34/h4-8,12-13,16,19-20H,9-10,14-15H2,1-3H3/t19-,20+,27?. The lowest BCUT2D eigenvalue weighted by Crippen LogP contribution is -2.30. The van der Waals surface area contributed by atoms with Crippen LogP contribution in [0.4, 0.5) is 5.82 Å². The minimum absolute atomic E-state index is 0.0956. The average molecular weight is 482 g/mol. The summed E-state index contributed by atoms with van der Waals surface area (Å²) in [6.45, 7) is 3.81. The van der Waals surface area contributed by atoms with Gasteiger partial charge >= 0.3 is 5.97 Å². The number of rotatable bonds is 4. The number of nitriles is 1. The summed E-state index contributed by atoms with van der Waals surface area (Å²) in [5, 5.41) is 18.6. The first-order valence-electron chi connectivity index (χ1n) is 12.1. The number of ether oxygens (including phenoxy) is 1. The first-order valence-corrected chi connectivity index (χ1v) is 12.1. The molecule has 4 aromatic heterocycles. The van der Waals surface area contributed by atoms with Gasteiger partial charge in [0.15, 0.2) is 0 Å². The molecule has 1 aliphatic heterocycles. The van der Waals surface area contributed by atoms with Crippen molar-refractivity contribution in [2.45, 2.75) is 19.8 Å². The van der Waals surface area contributed by atoms with Crippen LogP contribution in [0.25, 0.3) is 27.9 Å². The third kappa shape index (κ3) is 3.52. The van der Waals surface area contributed by atoms with Crippen molar-refractivity contribution in [2.24, 2.45) is 24.3 Å². The monoisotopic (exact) mass is 481 g/mol. The van der Waals surface area contributed by atoms with Crippen LogP contribution in [0.15, 0.2) is 49.1 Å². The number of carbonyl (C=O) groups is 1. The zero-order valence-electron chi connectivity index (χ0n) is 20.5. The zero-order valence-corrected chi connectivity index (χ0v) is 20.5. The molecule has 9 heteroatoms. The van der Waals surface area contributed by atoms with E-state index in [1.807, 2.05) is 50.8 Å². The van der Waals surface area contributed by atoms with Crippen LogP contribution >= 0.6 is 0 Å². The molecule has 1 saturated carbocycles. The molecule has 0 radical (unpaired) electrons. The molecule has 182 valence electrons. The minimum atomic E-state index is -0.374. The van der Waals surface area contributed by atoms with Crippen molar-refractivity contribution in [3.8, 4) is 28.5 Å². The van der Waals surface area contributed by atoms with E-state index < -0.39 is 0 Å². The lowest BCUT2D eigenvalue weighted by molar-refractivity contribution is -0.151. The molecular weight excluding hydrogens is 454 g/mol. The van der Waals surface area contributed by atoms with Crippen molar-refractivity contribution in [3.63, 3.8) is 0 Å². The van der Waals surface area contributed by atoms with Crippen LogP contribution in [0.2, 0.25) is 0 Å². The van der Waals surface area contributed by atoms with Crippen molar-refractivity contribution in [2.75, 3.05) is 25.1 Å². The smallest absolute Gasteiger partial charge is 0.311 e. The van der Waals surface area contributed by atoms with E-state index in [9.17, 15) is 10.1 Å². The molecule has 2 fully saturated rings. The van der Waals surface area contributed by atoms with Gasteiger partial charge in [0.05, 0.1) is 35.5 Å². The number of fused-ring (bicyclic) bond motifs is 2. The van der Waals surface area contributed by atoms with Crippen LogP contribution < -0.4 is 4.90 Å². The molecule has 3 atom stereocenters. The summed E-state index contributed by atoms with van der Waals surface area (Å²) in [7, 11) is 3.36. The highest BCUT2D eigenvalue weighted by atomic mass is 16.5. The van der Waals surface area contributed by atoms with Gasteiger partial charge in [-0.3, -0.25) is 9.48 Å². The summed E-state index contributed by atoms with van der Waals surface area (Å²) in [6.07, 6.45) is 8.97. The van der Waals surface area contributed by atoms with Gasteiger partial charge in [0, 0.05) is 55.4 Å². The lowest BCUT2D eigenvalue weighted by atomic mass is 9.87. The number of aromatic nitrogens is 5. The van der Waals surface area contributed by atoms with Crippen molar-refractivity contribution in [3.05, 3.63) is 54.6 Å². The van der Waals surface area contributed by atoms with E-state index in [0.717, 1.165) is 59.7 Å². The molecule has 2 aliphatic rings. The summed E-state index contributed by atoms with van der Waals surface area (Å²) in [6, 6.07) is 10.4. The van der Waals surface area contributed by atoms with Crippen molar-refractivity contribution in [1.29, 1.82) is 5.26 Å². The second-order valence-electron chi connectivity index (χ2n) is 10.3. The fourth-order valence-electron chi connectivity index (χ4n) is 6.11. The van der Waals surface area contributed by atoms with Crippen LogP contribution in [0.3, 0.4) is 0 Å². The maximum atomic E-state index is 12.2. The van der Waals surface area contributed by atoms with Gasteiger partial charge in [0.1, 0.15) is 11.9 Å². The fraction of sp³-hybridized carbons (Fsp3) is 0.370. The molecule has 4 aromatic rings. The lowest BCUT2D eigenvalue weighted by Gasteiger charge is -2.25. The number of pyridine rings is 2. The third-order valence-electron chi connectivity index (χ3n) is 7.80. The van der Waals surface area contributed by atoms with E-state index >= 15 is 0 Å². The Morgan fingerprint density at radius 2 is 1.94 bits per heavy atom.